The molecule has 0 saturated carbocycles. The van der Waals surface area contributed by atoms with Crippen molar-refractivity contribution >= 4 is 29.2 Å². The number of hydrogen-bond donors (Lipinski definition) is 1. The second kappa shape index (κ2) is 9.71. The highest BCUT2D eigenvalue weighted by atomic mass is 35.5. The number of carbonyl (C=O) groups is 2. The van der Waals surface area contributed by atoms with Gasteiger partial charge in [-0.05, 0) is 74.8 Å². The van der Waals surface area contributed by atoms with Gasteiger partial charge in [0.2, 0.25) is 5.91 Å². The van der Waals surface area contributed by atoms with Gasteiger partial charge in [-0.25, -0.2) is 4.79 Å². The van der Waals surface area contributed by atoms with Crippen molar-refractivity contribution in [3.8, 4) is 0 Å². The maximum absolute atomic E-state index is 12.6. The number of halogens is 1. The van der Waals surface area contributed by atoms with E-state index in [1.807, 2.05) is 24.3 Å². The number of nitrogens with one attached hydrogen (secondary N) is 1. The van der Waals surface area contributed by atoms with Crippen LogP contribution in [-0.4, -0.2) is 36.5 Å². The lowest BCUT2D eigenvalue weighted by Gasteiger charge is -2.31. The van der Waals surface area contributed by atoms with Gasteiger partial charge in [-0.2, -0.15) is 0 Å². The van der Waals surface area contributed by atoms with Crippen LogP contribution < -0.4 is 5.32 Å². The maximum Gasteiger partial charge on any atom is 0.338 e. The van der Waals surface area contributed by atoms with E-state index in [0.717, 1.165) is 37.5 Å². The Kier molecular flexibility index (Phi) is 7.06. The Morgan fingerprint density at radius 2 is 1.71 bits per heavy atom. The summed E-state index contributed by atoms with van der Waals surface area (Å²) in [5.41, 5.74) is 2.41. The fraction of sp³-hybridized carbons (Fsp3) is 0.364. The average Bonchev–Trinajstić information content (AvgIpc) is 2.71. The third kappa shape index (κ3) is 5.57. The molecule has 1 N–H and O–H groups in total. The van der Waals surface area contributed by atoms with E-state index in [4.69, 9.17) is 16.3 Å². The third-order valence-electron chi connectivity index (χ3n) is 4.94. The summed E-state index contributed by atoms with van der Waals surface area (Å²) in [5.74, 6) is -0.310. The van der Waals surface area contributed by atoms with E-state index in [1.165, 1.54) is 5.56 Å². The second-order valence-corrected chi connectivity index (χ2v) is 7.40. The third-order valence-corrected chi connectivity index (χ3v) is 5.19. The number of nitrogens with zero attached hydrogens (tertiary/aromatic N) is 1. The van der Waals surface area contributed by atoms with Gasteiger partial charge in [0.15, 0.2) is 0 Å². The quantitative estimate of drug-likeness (QED) is 0.731. The number of esters is 1. The number of anilines is 1. The maximum atomic E-state index is 12.6. The van der Waals surface area contributed by atoms with E-state index in [1.54, 1.807) is 31.2 Å². The van der Waals surface area contributed by atoms with Crippen molar-refractivity contribution in [1.82, 2.24) is 4.90 Å². The van der Waals surface area contributed by atoms with E-state index in [2.05, 4.69) is 10.2 Å². The Balaban J connectivity index is 1.47. The SMILES string of the molecule is CCOC(=O)c1ccc(NC(=O)C2CCN(Cc3ccc(Cl)cc3)CC2)cc1. The Labute approximate surface area is 170 Å². The van der Waals surface area contributed by atoms with Crippen LogP contribution in [0.2, 0.25) is 5.02 Å². The number of rotatable bonds is 6. The highest BCUT2D eigenvalue weighted by Crippen LogP contribution is 2.22. The summed E-state index contributed by atoms with van der Waals surface area (Å²) in [5, 5.41) is 3.70. The number of piperidine rings is 1. The molecule has 3 rings (SSSR count). The lowest BCUT2D eigenvalue weighted by molar-refractivity contribution is -0.121. The molecule has 0 aliphatic carbocycles. The van der Waals surface area contributed by atoms with Crippen molar-refractivity contribution in [3.05, 3.63) is 64.7 Å². The fourth-order valence-electron chi connectivity index (χ4n) is 3.35. The first-order chi connectivity index (χ1) is 13.5. The molecule has 1 fully saturated rings. The Morgan fingerprint density at radius 1 is 1.07 bits per heavy atom. The zero-order chi connectivity index (χ0) is 19.9. The standard InChI is InChI=1S/C22H25ClN2O3/c1-2-28-22(27)18-5-9-20(10-6-18)24-21(26)17-11-13-25(14-12-17)15-16-3-7-19(23)8-4-16/h3-10,17H,2,11-15H2,1H3,(H,24,26). The minimum atomic E-state index is -0.353. The van der Waals surface area contributed by atoms with Crippen LogP contribution in [0.4, 0.5) is 5.69 Å². The van der Waals surface area contributed by atoms with Crippen molar-refractivity contribution < 1.29 is 14.3 Å². The summed E-state index contributed by atoms with van der Waals surface area (Å²) < 4.78 is 4.97. The molecule has 2 aromatic carbocycles. The second-order valence-electron chi connectivity index (χ2n) is 6.96. The molecule has 1 aliphatic heterocycles. The van der Waals surface area contributed by atoms with E-state index in [9.17, 15) is 9.59 Å². The zero-order valence-corrected chi connectivity index (χ0v) is 16.7. The molecule has 0 spiro atoms. The smallest absolute Gasteiger partial charge is 0.338 e. The Morgan fingerprint density at radius 3 is 2.32 bits per heavy atom. The predicted molar refractivity (Wildman–Crippen MR) is 110 cm³/mol. The van der Waals surface area contributed by atoms with E-state index >= 15 is 0 Å². The molecule has 28 heavy (non-hydrogen) atoms. The van der Waals surface area contributed by atoms with E-state index in [0.29, 0.717) is 17.9 Å². The normalized spacial score (nSPS) is 15.2. The van der Waals surface area contributed by atoms with Crippen LogP contribution in [0.15, 0.2) is 48.5 Å². The zero-order valence-electron chi connectivity index (χ0n) is 16.0. The average molecular weight is 401 g/mol. The van der Waals surface area contributed by atoms with Crippen LogP contribution in [0, 0.1) is 5.92 Å². The van der Waals surface area contributed by atoms with Crippen molar-refractivity contribution in [2.75, 3.05) is 25.0 Å². The van der Waals surface area contributed by atoms with Crippen molar-refractivity contribution in [2.24, 2.45) is 5.92 Å². The van der Waals surface area contributed by atoms with Gasteiger partial charge in [-0.1, -0.05) is 23.7 Å². The number of hydrogen-bond acceptors (Lipinski definition) is 4. The summed E-state index contributed by atoms with van der Waals surface area (Å²) in [6.45, 7) is 4.77. The van der Waals surface area contributed by atoms with Crippen molar-refractivity contribution in [1.29, 1.82) is 0 Å². The van der Waals surface area contributed by atoms with Gasteiger partial charge in [-0.15, -0.1) is 0 Å². The van der Waals surface area contributed by atoms with E-state index in [-0.39, 0.29) is 17.8 Å². The molecule has 5 nitrogen and oxygen atoms in total. The molecule has 0 bridgehead atoms. The topological polar surface area (TPSA) is 58.6 Å². The molecule has 1 heterocycles. The number of ether oxygens (including phenoxy) is 1. The van der Waals surface area contributed by atoms with Crippen LogP contribution in [0.3, 0.4) is 0 Å². The number of likely N-dealkylation sites (tertiary alicyclic amines) is 1. The summed E-state index contributed by atoms with van der Waals surface area (Å²) >= 11 is 5.93. The molecular formula is C22H25ClN2O3. The van der Waals surface area contributed by atoms with Gasteiger partial charge < -0.3 is 10.1 Å². The van der Waals surface area contributed by atoms with Crippen molar-refractivity contribution in [2.45, 2.75) is 26.3 Å². The Hall–Kier alpha value is -2.37. The molecule has 1 saturated heterocycles. The number of amides is 1. The minimum absolute atomic E-state index is 0.00574. The molecule has 148 valence electrons. The largest absolute Gasteiger partial charge is 0.462 e. The first-order valence-corrected chi connectivity index (χ1v) is 9.98. The van der Waals surface area contributed by atoms with Crippen LogP contribution >= 0.6 is 11.6 Å². The number of carbonyl (C=O) groups excluding carboxylic acids is 2. The molecule has 0 radical (unpaired) electrons. The predicted octanol–water partition coefficient (Wildman–Crippen LogP) is 4.37. The van der Waals surface area contributed by atoms with Crippen LogP contribution in [0.5, 0.6) is 0 Å². The van der Waals surface area contributed by atoms with Crippen LogP contribution in [-0.2, 0) is 16.1 Å². The van der Waals surface area contributed by atoms with E-state index < -0.39 is 0 Å². The lowest BCUT2D eigenvalue weighted by atomic mass is 9.95. The van der Waals surface area contributed by atoms with Crippen LogP contribution in [0.25, 0.3) is 0 Å². The first-order valence-electron chi connectivity index (χ1n) is 9.60. The van der Waals surface area contributed by atoms with Gasteiger partial charge >= 0.3 is 5.97 Å². The highest BCUT2D eigenvalue weighted by Gasteiger charge is 2.25. The molecule has 0 aromatic heterocycles. The lowest BCUT2D eigenvalue weighted by Crippen LogP contribution is -2.37. The molecule has 2 aromatic rings. The fourth-order valence-corrected chi connectivity index (χ4v) is 3.48. The highest BCUT2D eigenvalue weighted by molar-refractivity contribution is 6.30. The molecule has 0 unspecified atom stereocenters. The number of benzene rings is 2. The summed E-state index contributed by atoms with van der Waals surface area (Å²) in [7, 11) is 0. The molecule has 0 atom stereocenters. The van der Waals surface area contributed by atoms with Gasteiger partial charge in [0.1, 0.15) is 0 Å². The van der Waals surface area contributed by atoms with Gasteiger partial charge in [0, 0.05) is 23.2 Å². The summed E-state index contributed by atoms with van der Waals surface area (Å²) in [6.07, 6.45) is 1.67. The Bertz CT molecular complexity index is 798. The summed E-state index contributed by atoms with van der Waals surface area (Å²) in [4.78, 5) is 26.6. The molecule has 1 aliphatic rings. The minimum Gasteiger partial charge on any atom is -0.462 e. The van der Waals surface area contributed by atoms with Gasteiger partial charge in [0.25, 0.3) is 0 Å². The van der Waals surface area contributed by atoms with Gasteiger partial charge in [-0.3, -0.25) is 9.69 Å². The monoisotopic (exact) mass is 400 g/mol. The first kappa shape index (κ1) is 20.4. The van der Waals surface area contributed by atoms with Gasteiger partial charge in [0.05, 0.1) is 12.2 Å². The molecule has 6 heteroatoms. The van der Waals surface area contributed by atoms with Crippen LogP contribution in [0.1, 0.15) is 35.7 Å². The molecule has 1 amide bonds. The summed E-state index contributed by atoms with van der Waals surface area (Å²) in [6, 6.07) is 14.7. The van der Waals surface area contributed by atoms with Crippen molar-refractivity contribution in [3.63, 3.8) is 0 Å². The molecular weight excluding hydrogens is 376 g/mol.